The fourth-order valence-corrected chi connectivity index (χ4v) is 7.90. The van der Waals surface area contributed by atoms with Crippen molar-refractivity contribution in [2.24, 2.45) is 0 Å². The molecule has 0 bridgehead atoms. The summed E-state index contributed by atoms with van der Waals surface area (Å²) >= 11 is 3.29. The van der Waals surface area contributed by atoms with Crippen molar-refractivity contribution >= 4 is 55.0 Å². The van der Waals surface area contributed by atoms with E-state index >= 15 is 4.39 Å². The number of ether oxygens (including phenoxy) is 2. The van der Waals surface area contributed by atoms with Gasteiger partial charge >= 0.3 is 0 Å². The molecule has 0 unspecified atom stereocenters. The zero-order valence-corrected chi connectivity index (χ0v) is 22.2. The second-order valence-electron chi connectivity index (χ2n) is 8.20. The van der Waals surface area contributed by atoms with Gasteiger partial charge in [0.15, 0.2) is 11.5 Å². The molecule has 0 N–H and O–H groups in total. The molecule has 1 aliphatic carbocycles. The minimum atomic E-state index is -3.93. The molecule has 3 aromatic heterocycles. The van der Waals surface area contributed by atoms with Gasteiger partial charge in [-0.1, -0.05) is 17.7 Å². The summed E-state index contributed by atoms with van der Waals surface area (Å²) in [4.78, 5) is 9.45. The van der Waals surface area contributed by atoms with Crippen molar-refractivity contribution < 1.29 is 22.3 Å². The molecule has 5 rings (SSSR count). The molecule has 0 amide bonds. The van der Waals surface area contributed by atoms with Crippen LogP contribution in [0.3, 0.4) is 0 Å². The Morgan fingerprint density at radius 2 is 1.94 bits per heavy atom. The van der Waals surface area contributed by atoms with Gasteiger partial charge in [-0.2, -0.15) is 0 Å². The van der Waals surface area contributed by atoms with Crippen LogP contribution < -0.4 is 0 Å². The fourth-order valence-electron chi connectivity index (χ4n) is 4.05. The second-order valence-corrected chi connectivity index (χ2v) is 12.1. The number of aryl methyl sites for hydroxylation is 1. The number of halogens is 2. The van der Waals surface area contributed by atoms with E-state index in [0.717, 1.165) is 40.0 Å². The van der Waals surface area contributed by atoms with Crippen molar-refractivity contribution in [3.63, 3.8) is 0 Å². The molecule has 3 heterocycles. The number of aromatic nitrogens is 3. The van der Waals surface area contributed by atoms with Crippen LogP contribution in [0.5, 0.6) is 0 Å². The van der Waals surface area contributed by atoms with E-state index in [1.54, 1.807) is 43.6 Å². The first-order valence-electron chi connectivity index (χ1n) is 10.5. The number of thiazole rings is 1. The average molecular weight is 613 g/mol. The summed E-state index contributed by atoms with van der Waals surface area (Å²) in [5.41, 5.74) is 0.890. The molecular weight excluding hydrogens is 592 g/mol. The van der Waals surface area contributed by atoms with Crippen LogP contribution in [-0.4, -0.2) is 36.3 Å². The van der Waals surface area contributed by atoms with Gasteiger partial charge in [0.1, 0.15) is 17.4 Å². The smallest absolute Gasteiger partial charge is 0.270 e. The summed E-state index contributed by atoms with van der Waals surface area (Å²) in [5.74, 6) is -0.538. The number of rotatable bonds is 7. The van der Waals surface area contributed by atoms with Gasteiger partial charge in [0.05, 0.1) is 19.7 Å². The van der Waals surface area contributed by atoms with E-state index in [1.165, 1.54) is 11.3 Å². The van der Waals surface area contributed by atoms with Gasteiger partial charge in [0, 0.05) is 24.3 Å². The SMILES string of the molecule is COCOC1(c2ncc(-c3c(F)cnc4c3cc(I)n4S(=O)(=O)c3ccc(C)cc3)s2)CCC1. The lowest BCUT2D eigenvalue weighted by atomic mass is 9.80. The highest BCUT2D eigenvalue weighted by molar-refractivity contribution is 14.1. The van der Waals surface area contributed by atoms with Crippen LogP contribution in [0.15, 0.2) is 47.6 Å². The standard InChI is InChI=1S/C23H21FIN3O4S2/c1-14-4-6-15(7-5-14)34(29,30)28-19(25)10-16-20(17(24)11-26-21(16)28)18-12-27-22(33-18)23(8-3-9-23)32-13-31-2/h4-7,10-12H,3,8-9,13H2,1-2H3. The highest BCUT2D eigenvalue weighted by atomic mass is 127. The van der Waals surface area contributed by atoms with Crippen LogP contribution in [0.4, 0.5) is 4.39 Å². The van der Waals surface area contributed by atoms with E-state index in [1.807, 2.05) is 29.5 Å². The lowest BCUT2D eigenvalue weighted by Gasteiger charge is -2.39. The molecule has 1 aliphatic rings. The van der Waals surface area contributed by atoms with E-state index < -0.39 is 21.4 Å². The number of hydrogen-bond acceptors (Lipinski definition) is 7. The van der Waals surface area contributed by atoms with Gasteiger partial charge in [0.25, 0.3) is 10.0 Å². The van der Waals surface area contributed by atoms with Gasteiger partial charge in [-0.25, -0.2) is 26.7 Å². The number of methoxy groups -OCH3 is 1. The maximum Gasteiger partial charge on any atom is 0.270 e. The Balaban J connectivity index is 1.63. The zero-order chi connectivity index (χ0) is 24.1. The summed E-state index contributed by atoms with van der Waals surface area (Å²) in [6.07, 6.45) is 5.34. The third kappa shape index (κ3) is 3.87. The molecule has 0 aliphatic heterocycles. The Hall–Kier alpha value is -1.93. The van der Waals surface area contributed by atoms with E-state index in [0.29, 0.717) is 14.0 Å². The minimum absolute atomic E-state index is 0.142. The summed E-state index contributed by atoms with van der Waals surface area (Å²) in [6, 6.07) is 8.25. The first-order chi connectivity index (χ1) is 16.3. The Morgan fingerprint density at radius 3 is 2.59 bits per heavy atom. The molecule has 0 saturated heterocycles. The largest absolute Gasteiger partial charge is 0.359 e. The number of fused-ring (bicyclic) bond motifs is 1. The summed E-state index contributed by atoms with van der Waals surface area (Å²) in [6.45, 7) is 2.04. The predicted octanol–water partition coefficient (Wildman–Crippen LogP) is 5.45. The van der Waals surface area contributed by atoms with Gasteiger partial charge in [-0.3, -0.25) is 0 Å². The van der Waals surface area contributed by atoms with Crippen molar-refractivity contribution in [2.45, 2.75) is 36.7 Å². The molecule has 178 valence electrons. The number of hydrogen-bond donors (Lipinski definition) is 0. The minimum Gasteiger partial charge on any atom is -0.359 e. The first kappa shape index (κ1) is 23.8. The van der Waals surface area contributed by atoms with Crippen molar-refractivity contribution in [1.82, 2.24) is 13.9 Å². The van der Waals surface area contributed by atoms with Crippen LogP contribution >= 0.6 is 33.9 Å². The zero-order valence-electron chi connectivity index (χ0n) is 18.4. The molecule has 11 heteroatoms. The van der Waals surface area contributed by atoms with Crippen LogP contribution in [0.2, 0.25) is 0 Å². The first-order valence-corrected chi connectivity index (χ1v) is 13.9. The van der Waals surface area contributed by atoms with E-state index in [-0.39, 0.29) is 22.9 Å². The predicted molar refractivity (Wildman–Crippen MR) is 136 cm³/mol. The van der Waals surface area contributed by atoms with Crippen LogP contribution in [0.25, 0.3) is 21.5 Å². The topological polar surface area (TPSA) is 83.3 Å². The highest BCUT2D eigenvalue weighted by Gasteiger charge is 2.43. The van der Waals surface area contributed by atoms with Crippen molar-refractivity contribution in [2.75, 3.05) is 13.9 Å². The van der Waals surface area contributed by atoms with E-state index in [4.69, 9.17) is 9.47 Å². The number of pyridine rings is 1. The highest BCUT2D eigenvalue weighted by Crippen LogP contribution is 2.48. The molecule has 0 atom stereocenters. The molecule has 1 fully saturated rings. The second kappa shape index (κ2) is 8.94. The maximum atomic E-state index is 15.1. The van der Waals surface area contributed by atoms with Crippen LogP contribution in [-0.2, 0) is 25.1 Å². The van der Waals surface area contributed by atoms with Gasteiger partial charge in [-0.15, -0.1) is 11.3 Å². The monoisotopic (exact) mass is 613 g/mol. The van der Waals surface area contributed by atoms with Crippen molar-refractivity contribution in [1.29, 1.82) is 0 Å². The molecular formula is C23H21FIN3O4S2. The Labute approximate surface area is 214 Å². The van der Waals surface area contributed by atoms with Gasteiger partial charge < -0.3 is 9.47 Å². The normalized spacial score (nSPS) is 15.5. The molecule has 34 heavy (non-hydrogen) atoms. The van der Waals surface area contributed by atoms with E-state index in [2.05, 4.69) is 9.97 Å². The molecule has 0 spiro atoms. The Bertz CT molecular complexity index is 1480. The van der Waals surface area contributed by atoms with Gasteiger partial charge in [-0.05, 0) is 67.0 Å². The summed E-state index contributed by atoms with van der Waals surface area (Å²) in [7, 11) is -2.36. The van der Waals surface area contributed by atoms with Crippen molar-refractivity contribution in [3.8, 4) is 10.4 Å². The number of nitrogens with zero attached hydrogens (tertiary/aromatic N) is 3. The molecule has 4 aromatic rings. The summed E-state index contributed by atoms with van der Waals surface area (Å²) in [5, 5.41) is 1.17. The van der Waals surface area contributed by atoms with Gasteiger partial charge in [0.2, 0.25) is 0 Å². The van der Waals surface area contributed by atoms with Crippen LogP contribution in [0.1, 0.15) is 29.8 Å². The average Bonchev–Trinajstić information content (AvgIpc) is 3.38. The molecule has 7 nitrogen and oxygen atoms in total. The molecule has 1 aromatic carbocycles. The van der Waals surface area contributed by atoms with Crippen molar-refractivity contribution in [3.05, 3.63) is 62.8 Å². The van der Waals surface area contributed by atoms with E-state index in [9.17, 15) is 8.42 Å². The third-order valence-corrected chi connectivity index (χ3v) is 10.1. The Kier molecular flexibility index (Phi) is 6.25. The maximum absolute atomic E-state index is 15.1. The molecule has 1 saturated carbocycles. The fraction of sp³-hybridized carbons (Fsp3) is 0.304. The summed E-state index contributed by atoms with van der Waals surface area (Å²) < 4.78 is 54.6. The number of benzene rings is 1. The quantitative estimate of drug-likeness (QED) is 0.204. The molecule has 0 radical (unpaired) electrons. The Morgan fingerprint density at radius 1 is 1.21 bits per heavy atom. The lowest BCUT2D eigenvalue weighted by molar-refractivity contribution is -0.171. The third-order valence-electron chi connectivity index (χ3n) is 6.01. The van der Waals surface area contributed by atoms with Crippen LogP contribution in [0, 0.1) is 16.4 Å². The lowest BCUT2D eigenvalue weighted by Crippen LogP contribution is -2.37.